The lowest BCUT2D eigenvalue weighted by Crippen LogP contribution is -2.47. The maximum absolute atomic E-state index is 12.0. The first-order valence-electron chi connectivity index (χ1n) is 9.18. The van der Waals surface area contributed by atoms with Gasteiger partial charge in [0.2, 0.25) is 0 Å². The summed E-state index contributed by atoms with van der Waals surface area (Å²) in [5, 5.41) is 13.2. The van der Waals surface area contributed by atoms with Crippen LogP contribution in [0.5, 0.6) is 5.75 Å². The second-order valence-electron chi connectivity index (χ2n) is 6.41. The van der Waals surface area contributed by atoms with Crippen molar-refractivity contribution in [1.29, 1.82) is 0 Å². The van der Waals surface area contributed by atoms with Crippen LogP contribution in [0.3, 0.4) is 0 Å². The number of rotatable bonds is 7. The summed E-state index contributed by atoms with van der Waals surface area (Å²) in [4.78, 5) is 28.2. The summed E-state index contributed by atoms with van der Waals surface area (Å²) >= 11 is 7.28. The van der Waals surface area contributed by atoms with Crippen molar-refractivity contribution < 1.29 is 24.2 Å². The van der Waals surface area contributed by atoms with E-state index in [-0.39, 0.29) is 13.0 Å². The highest BCUT2D eigenvalue weighted by Gasteiger charge is 2.18. The molecule has 162 valence electrons. The molecule has 3 aromatic rings. The number of ether oxygens (including phenoxy) is 2. The number of aromatic nitrogens is 1. The predicted octanol–water partition coefficient (Wildman–Crippen LogP) is 3.33. The van der Waals surface area contributed by atoms with Crippen molar-refractivity contribution in [3.63, 3.8) is 0 Å². The average molecular weight is 462 g/mol. The second kappa shape index (κ2) is 10.8. The van der Waals surface area contributed by atoms with Gasteiger partial charge in [0, 0.05) is 22.4 Å². The van der Waals surface area contributed by atoms with Gasteiger partial charge in [-0.05, 0) is 29.8 Å². The number of hydrogen-bond acceptors (Lipinski definition) is 7. The number of hydrogen-bond donors (Lipinski definition) is 3. The molecule has 2 aromatic carbocycles. The van der Waals surface area contributed by atoms with Crippen LogP contribution in [0, 0.1) is 0 Å². The molecule has 2 amide bonds. The van der Waals surface area contributed by atoms with Gasteiger partial charge in [-0.1, -0.05) is 35.9 Å². The second-order valence-corrected chi connectivity index (χ2v) is 7.70. The van der Waals surface area contributed by atoms with Gasteiger partial charge in [-0.15, -0.1) is 11.3 Å². The standard InChI is InChI=1S/C21H20ClN3O5S/c1-29-17-8-2-13(3-9-17)11-30-21(28)25-24-19(27)18(26)10-16-12-31-20(23-16)14-4-6-15(22)7-5-14/h2-9,12,18,26H,10-11H2,1H3,(H,24,27)(H,25,28). The van der Waals surface area contributed by atoms with Gasteiger partial charge in [-0.25, -0.2) is 15.2 Å². The molecule has 0 aliphatic heterocycles. The highest BCUT2D eigenvalue weighted by molar-refractivity contribution is 7.13. The van der Waals surface area contributed by atoms with E-state index in [2.05, 4.69) is 15.8 Å². The van der Waals surface area contributed by atoms with Gasteiger partial charge < -0.3 is 14.6 Å². The number of carbonyl (C=O) groups is 2. The Hall–Kier alpha value is -3.14. The third-order valence-electron chi connectivity index (χ3n) is 4.16. The van der Waals surface area contributed by atoms with Gasteiger partial charge in [0.1, 0.15) is 23.5 Å². The van der Waals surface area contributed by atoms with Crippen molar-refractivity contribution >= 4 is 34.9 Å². The molecule has 0 radical (unpaired) electrons. The molecule has 0 saturated carbocycles. The van der Waals surface area contributed by atoms with Gasteiger partial charge in [0.25, 0.3) is 5.91 Å². The Labute approximate surface area is 187 Å². The van der Waals surface area contributed by atoms with E-state index >= 15 is 0 Å². The summed E-state index contributed by atoms with van der Waals surface area (Å²) in [5.41, 5.74) is 6.43. The number of halogens is 1. The molecular weight excluding hydrogens is 442 g/mol. The topological polar surface area (TPSA) is 110 Å². The molecule has 1 unspecified atom stereocenters. The molecule has 0 aliphatic carbocycles. The average Bonchev–Trinajstić information content (AvgIpc) is 3.25. The fourth-order valence-corrected chi connectivity index (χ4v) is 3.48. The normalized spacial score (nSPS) is 11.5. The number of thiazole rings is 1. The molecular formula is C21H20ClN3O5S. The van der Waals surface area contributed by atoms with Crippen LogP contribution in [0.1, 0.15) is 11.3 Å². The first-order chi connectivity index (χ1) is 14.9. The third-order valence-corrected chi connectivity index (χ3v) is 5.36. The van der Waals surface area contributed by atoms with Crippen LogP contribution < -0.4 is 15.6 Å². The lowest BCUT2D eigenvalue weighted by molar-refractivity contribution is -0.130. The summed E-state index contributed by atoms with van der Waals surface area (Å²) in [6.45, 7) is 0.0144. The number of aliphatic hydroxyl groups excluding tert-OH is 1. The van der Waals surface area contributed by atoms with E-state index < -0.39 is 18.1 Å². The molecule has 8 nitrogen and oxygen atoms in total. The maximum atomic E-state index is 12.0. The van der Waals surface area contributed by atoms with Gasteiger partial charge >= 0.3 is 6.09 Å². The summed E-state index contributed by atoms with van der Waals surface area (Å²) in [6.07, 6.45) is -2.24. The minimum Gasteiger partial charge on any atom is -0.497 e. The molecule has 3 rings (SSSR count). The minimum absolute atomic E-state index is 0.00149. The molecule has 10 heteroatoms. The summed E-state index contributed by atoms with van der Waals surface area (Å²) in [6, 6.07) is 14.2. The zero-order chi connectivity index (χ0) is 22.2. The first kappa shape index (κ1) is 22.5. The fraction of sp³-hybridized carbons (Fsp3) is 0.190. The van der Waals surface area contributed by atoms with E-state index in [0.29, 0.717) is 16.5 Å². The molecule has 1 atom stereocenters. The van der Waals surface area contributed by atoms with Crippen molar-refractivity contribution in [2.24, 2.45) is 0 Å². The predicted molar refractivity (Wildman–Crippen MR) is 117 cm³/mol. The zero-order valence-corrected chi connectivity index (χ0v) is 18.1. The van der Waals surface area contributed by atoms with Crippen LogP contribution in [0.15, 0.2) is 53.9 Å². The summed E-state index contributed by atoms with van der Waals surface area (Å²) in [7, 11) is 1.56. The SMILES string of the molecule is COc1ccc(COC(=O)NNC(=O)C(O)Cc2csc(-c3ccc(Cl)cc3)n2)cc1. The Balaban J connectivity index is 1.42. The molecule has 0 fully saturated rings. The first-order valence-corrected chi connectivity index (χ1v) is 10.4. The fourth-order valence-electron chi connectivity index (χ4n) is 2.52. The van der Waals surface area contributed by atoms with Crippen molar-refractivity contribution in [2.75, 3.05) is 7.11 Å². The number of hydrazine groups is 1. The Morgan fingerprint density at radius 3 is 2.52 bits per heavy atom. The van der Waals surface area contributed by atoms with E-state index in [4.69, 9.17) is 21.1 Å². The van der Waals surface area contributed by atoms with E-state index in [0.717, 1.165) is 16.1 Å². The third kappa shape index (κ3) is 6.68. The molecule has 0 saturated heterocycles. The van der Waals surface area contributed by atoms with Gasteiger partial charge in [0.05, 0.1) is 12.8 Å². The molecule has 31 heavy (non-hydrogen) atoms. The number of aliphatic hydroxyl groups is 1. The zero-order valence-electron chi connectivity index (χ0n) is 16.5. The van der Waals surface area contributed by atoms with E-state index in [1.165, 1.54) is 11.3 Å². The Bertz CT molecular complexity index is 1020. The molecule has 1 aromatic heterocycles. The Morgan fingerprint density at radius 1 is 1.13 bits per heavy atom. The number of amides is 2. The number of benzene rings is 2. The van der Waals surface area contributed by atoms with Crippen molar-refractivity contribution in [3.05, 3.63) is 70.2 Å². The van der Waals surface area contributed by atoms with E-state index in [1.807, 2.05) is 12.1 Å². The monoisotopic (exact) mass is 461 g/mol. The maximum Gasteiger partial charge on any atom is 0.426 e. The molecule has 1 heterocycles. The number of nitrogens with one attached hydrogen (secondary N) is 2. The quantitative estimate of drug-likeness (QED) is 0.465. The molecule has 0 spiro atoms. The molecule has 0 aliphatic rings. The van der Waals surface area contributed by atoms with Crippen LogP contribution >= 0.6 is 22.9 Å². The van der Waals surface area contributed by atoms with Crippen LogP contribution in [0.4, 0.5) is 4.79 Å². The smallest absolute Gasteiger partial charge is 0.426 e. The molecule has 3 N–H and O–H groups in total. The Morgan fingerprint density at radius 2 is 1.84 bits per heavy atom. The van der Waals surface area contributed by atoms with E-state index in [1.54, 1.807) is 48.9 Å². The van der Waals surface area contributed by atoms with Crippen LogP contribution in [-0.2, 0) is 22.6 Å². The highest BCUT2D eigenvalue weighted by Crippen LogP contribution is 2.25. The number of nitrogens with zero attached hydrogens (tertiary/aromatic N) is 1. The van der Waals surface area contributed by atoms with Crippen molar-refractivity contribution in [1.82, 2.24) is 15.8 Å². The van der Waals surface area contributed by atoms with Crippen LogP contribution in [0.25, 0.3) is 10.6 Å². The number of methoxy groups -OCH3 is 1. The summed E-state index contributed by atoms with van der Waals surface area (Å²) in [5.74, 6) is -0.0858. The lowest BCUT2D eigenvalue weighted by Gasteiger charge is -2.11. The molecule has 0 bridgehead atoms. The highest BCUT2D eigenvalue weighted by atomic mass is 35.5. The van der Waals surface area contributed by atoms with Gasteiger partial charge in [-0.3, -0.25) is 10.2 Å². The van der Waals surface area contributed by atoms with Crippen molar-refractivity contribution in [3.8, 4) is 16.3 Å². The number of carbonyl (C=O) groups excluding carboxylic acids is 2. The van der Waals surface area contributed by atoms with E-state index in [9.17, 15) is 14.7 Å². The lowest BCUT2D eigenvalue weighted by atomic mass is 10.2. The van der Waals surface area contributed by atoms with Gasteiger partial charge in [0.15, 0.2) is 0 Å². The van der Waals surface area contributed by atoms with Crippen molar-refractivity contribution in [2.45, 2.75) is 19.1 Å². The van der Waals surface area contributed by atoms with Gasteiger partial charge in [-0.2, -0.15) is 0 Å². The van der Waals surface area contributed by atoms with Crippen LogP contribution in [0.2, 0.25) is 5.02 Å². The van der Waals surface area contributed by atoms with Crippen LogP contribution in [-0.4, -0.2) is 35.3 Å². The Kier molecular flexibility index (Phi) is 7.82. The summed E-state index contributed by atoms with van der Waals surface area (Å²) < 4.78 is 10.1. The largest absolute Gasteiger partial charge is 0.497 e. The minimum atomic E-state index is -1.39.